The summed E-state index contributed by atoms with van der Waals surface area (Å²) in [6.45, 7) is 1.02. The smallest absolute Gasteiger partial charge is 0.326 e. The summed E-state index contributed by atoms with van der Waals surface area (Å²) in [5, 5.41) is 9.88. The Morgan fingerprint density at radius 2 is 2.09 bits per heavy atom. The lowest BCUT2D eigenvalue weighted by Gasteiger charge is -2.18. The summed E-state index contributed by atoms with van der Waals surface area (Å²) in [6, 6.07) is 2.61. The number of carbonyl (C=O) groups excluding carboxylic acids is 1. The molecule has 2 aliphatic heterocycles. The van der Waals surface area contributed by atoms with Crippen LogP contribution in [0.5, 0.6) is 5.75 Å². The fourth-order valence-corrected chi connectivity index (χ4v) is 3.91. The lowest BCUT2D eigenvalue weighted by Crippen LogP contribution is -2.30. The van der Waals surface area contributed by atoms with Gasteiger partial charge in [-0.3, -0.25) is 4.79 Å². The Kier molecular flexibility index (Phi) is 3.77. The van der Waals surface area contributed by atoms with Crippen molar-refractivity contribution in [1.29, 1.82) is 0 Å². The van der Waals surface area contributed by atoms with Gasteiger partial charge >= 0.3 is 10.2 Å². The van der Waals surface area contributed by atoms with Gasteiger partial charge in [0.2, 0.25) is 0 Å². The molecule has 0 aliphatic carbocycles. The lowest BCUT2D eigenvalue weighted by atomic mass is 10.1. The van der Waals surface area contributed by atoms with Crippen LogP contribution in [0.15, 0.2) is 17.7 Å². The lowest BCUT2D eigenvalue weighted by molar-refractivity contribution is -0.117. The van der Waals surface area contributed by atoms with Crippen LogP contribution in [0.4, 0.5) is 10.1 Å². The highest BCUT2D eigenvalue weighted by Gasteiger charge is 2.37. The Balaban J connectivity index is 2.05. The molecular weight excluding hydrogens is 325 g/mol. The normalized spacial score (nSPS) is 22.8. The third-order valence-corrected chi connectivity index (χ3v) is 5.22. The van der Waals surface area contributed by atoms with Gasteiger partial charge in [0.25, 0.3) is 5.91 Å². The number of nitrogens with one attached hydrogen (secondary N) is 1. The number of anilines is 1. The molecule has 1 amide bonds. The third kappa shape index (κ3) is 2.89. The Labute approximate surface area is 133 Å². The van der Waals surface area contributed by atoms with Crippen molar-refractivity contribution >= 4 is 27.9 Å². The van der Waals surface area contributed by atoms with E-state index in [1.54, 1.807) is 10.8 Å². The van der Waals surface area contributed by atoms with Crippen LogP contribution >= 0.6 is 0 Å². The van der Waals surface area contributed by atoms with Crippen LogP contribution in [0.25, 0.3) is 6.08 Å². The number of phenols is 1. The molecule has 0 bridgehead atoms. The molecule has 7 nitrogen and oxygen atoms in total. The summed E-state index contributed by atoms with van der Waals surface area (Å²) in [6.07, 6.45) is 2.45. The van der Waals surface area contributed by atoms with E-state index in [-0.39, 0.29) is 5.56 Å². The summed E-state index contributed by atoms with van der Waals surface area (Å²) in [7, 11) is -2.23. The molecule has 0 saturated carbocycles. The predicted molar refractivity (Wildman–Crippen MR) is 82.6 cm³/mol. The predicted octanol–water partition coefficient (Wildman–Crippen LogP) is 0.431. The summed E-state index contributed by atoms with van der Waals surface area (Å²) in [4.78, 5) is 13.4. The number of likely N-dealkylation sites (N-methyl/N-ethyl adjacent to an activating group) is 1. The first-order chi connectivity index (χ1) is 10.8. The fourth-order valence-electron chi connectivity index (χ4n) is 2.74. The maximum absolute atomic E-state index is 14.7. The van der Waals surface area contributed by atoms with E-state index >= 15 is 0 Å². The van der Waals surface area contributed by atoms with E-state index in [9.17, 15) is 22.7 Å². The van der Waals surface area contributed by atoms with E-state index in [1.165, 1.54) is 12.1 Å². The molecule has 3 rings (SSSR count). The summed E-state index contributed by atoms with van der Waals surface area (Å²) < 4.78 is 40.8. The molecule has 2 heterocycles. The second-order valence-corrected chi connectivity index (χ2v) is 7.26. The van der Waals surface area contributed by atoms with Crippen molar-refractivity contribution in [3.05, 3.63) is 29.1 Å². The van der Waals surface area contributed by atoms with Crippen molar-refractivity contribution in [2.75, 3.05) is 31.0 Å². The molecule has 0 aromatic heterocycles. The Morgan fingerprint density at radius 1 is 1.35 bits per heavy atom. The van der Waals surface area contributed by atoms with Crippen LogP contribution in [0.3, 0.4) is 0 Å². The Hall–Kier alpha value is -2.13. The van der Waals surface area contributed by atoms with E-state index in [4.69, 9.17) is 0 Å². The van der Waals surface area contributed by atoms with E-state index in [2.05, 4.69) is 4.90 Å². The van der Waals surface area contributed by atoms with Crippen LogP contribution in [0.2, 0.25) is 0 Å². The maximum atomic E-state index is 14.7. The number of halogens is 1. The molecule has 23 heavy (non-hydrogen) atoms. The zero-order chi connectivity index (χ0) is 16.8. The van der Waals surface area contributed by atoms with E-state index in [0.717, 1.165) is 18.5 Å². The highest BCUT2D eigenvalue weighted by molar-refractivity contribution is 7.92. The fraction of sp³-hybridized carbons (Fsp3) is 0.357. The zero-order valence-electron chi connectivity index (χ0n) is 12.4. The van der Waals surface area contributed by atoms with Crippen LogP contribution in [-0.2, 0) is 15.0 Å². The van der Waals surface area contributed by atoms with Gasteiger partial charge in [0.15, 0.2) is 5.82 Å². The summed E-state index contributed by atoms with van der Waals surface area (Å²) in [5.74, 6) is -2.18. The average molecular weight is 341 g/mol. The van der Waals surface area contributed by atoms with Crippen molar-refractivity contribution in [2.24, 2.45) is 0 Å². The van der Waals surface area contributed by atoms with Crippen molar-refractivity contribution in [3.63, 3.8) is 0 Å². The third-order valence-electron chi connectivity index (χ3n) is 3.84. The van der Waals surface area contributed by atoms with Crippen molar-refractivity contribution < 1.29 is 22.7 Å². The summed E-state index contributed by atoms with van der Waals surface area (Å²) in [5.41, 5.74) is 0.684. The number of carbonyl (C=O) groups is 1. The number of likely N-dealkylation sites (tertiary alicyclic amines) is 1. The first-order valence-electron chi connectivity index (χ1n) is 7.00. The van der Waals surface area contributed by atoms with Crippen molar-refractivity contribution in [3.8, 4) is 5.75 Å². The number of amides is 1. The molecule has 2 fully saturated rings. The highest BCUT2D eigenvalue weighted by atomic mass is 32.2. The zero-order valence-corrected chi connectivity index (χ0v) is 13.2. The molecule has 9 heteroatoms. The highest BCUT2D eigenvalue weighted by Crippen LogP contribution is 2.36. The molecule has 2 N–H and O–H groups in total. The standard InChI is InChI=1S/C14H16FN3O4S/c1-17-5-4-9(7-17)6-10-2-3-11(19)14(13(10)15)18-8-12(20)16-23(18,21)22/h2-3,6,19H,4-5,7-8H2,1H3,(H,16,20)/b9-6+. The second-order valence-electron chi connectivity index (χ2n) is 5.66. The molecule has 1 aromatic rings. The van der Waals surface area contributed by atoms with E-state index < -0.39 is 39.9 Å². The number of rotatable bonds is 2. The number of hydrogen-bond donors (Lipinski definition) is 2. The van der Waals surface area contributed by atoms with Crippen LogP contribution in [0.1, 0.15) is 12.0 Å². The van der Waals surface area contributed by atoms with Gasteiger partial charge in [-0.1, -0.05) is 11.6 Å². The van der Waals surface area contributed by atoms with Gasteiger partial charge < -0.3 is 10.0 Å². The monoisotopic (exact) mass is 341 g/mol. The van der Waals surface area contributed by atoms with Gasteiger partial charge in [-0.2, -0.15) is 8.42 Å². The van der Waals surface area contributed by atoms with Gasteiger partial charge in [-0.05, 0) is 25.6 Å². The summed E-state index contributed by atoms with van der Waals surface area (Å²) >= 11 is 0. The number of phenolic OH excluding ortho intramolecular Hbond substituents is 1. The molecular formula is C14H16FN3O4S. The second kappa shape index (κ2) is 5.50. The first-order valence-corrected chi connectivity index (χ1v) is 8.45. The molecule has 0 spiro atoms. The van der Waals surface area contributed by atoms with Crippen LogP contribution in [0, 0.1) is 5.82 Å². The van der Waals surface area contributed by atoms with Gasteiger partial charge in [-0.25, -0.2) is 13.4 Å². The molecule has 2 aliphatic rings. The molecule has 0 unspecified atom stereocenters. The minimum atomic E-state index is -4.18. The Morgan fingerprint density at radius 3 is 2.65 bits per heavy atom. The topological polar surface area (TPSA) is 89.9 Å². The minimum absolute atomic E-state index is 0.178. The molecule has 1 aromatic carbocycles. The van der Waals surface area contributed by atoms with Crippen molar-refractivity contribution in [1.82, 2.24) is 9.62 Å². The maximum Gasteiger partial charge on any atom is 0.326 e. The molecule has 2 saturated heterocycles. The Bertz CT molecular complexity index is 806. The van der Waals surface area contributed by atoms with Gasteiger partial charge in [0.05, 0.1) is 0 Å². The van der Waals surface area contributed by atoms with Gasteiger partial charge in [0.1, 0.15) is 18.0 Å². The quantitative estimate of drug-likeness (QED) is 0.814. The van der Waals surface area contributed by atoms with Gasteiger partial charge in [-0.15, -0.1) is 0 Å². The minimum Gasteiger partial charge on any atom is -0.506 e. The SMILES string of the molecule is CN1CC/C(=C\c2ccc(O)c(N3CC(=O)NS3(=O)=O)c2F)C1. The van der Waals surface area contributed by atoms with E-state index in [0.29, 0.717) is 10.8 Å². The van der Waals surface area contributed by atoms with Crippen LogP contribution in [-0.4, -0.2) is 51.0 Å². The van der Waals surface area contributed by atoms with Crippen LogP contribution < -0.4 is 9.03 Å². The van der Waals surface area contributed by atoms with Gasteiger partial charge in [0, 0.05) is 18.7 Å². The number of benzene rings is 1. The van der Waals surface area contributed by atoms with E-state index in [1.807, 2.05) is 7.05 Å². The largest absolute Gasteiger partial charge is 0.506 e. The molecule has 124 valence electrons. The molecule has 0 atom stereocenters. The van der Waals surface area contributed by atoms with Crippen molar-refractivity contribution in [2.45, 2.75) is 6.42 Å². The average Bonchev–Trinajstić information content (AvgIpc) is 2.96. The number of aromatic hydroxyl groups is 1. The number of hydrogen-bond acceptors (Lipinski definition) is 5. The first kappa shape index (κ1) is 15.8. The molecule has 0 radical (unpaired) electrons. The number of nitrogens with zero attached hydrogens (tertiary/aromatic N) is 2.